The van der Waals surface area contributed by atoms with Crippen molar-refractivity contribution in [2.45, 2.75) is 20.3 Å². The van der Waals surface area contributed by atoms with E-state index in [1.165, 1.54) is 0 Å². The highest BCUT2D eigenvalue weighted by atomic mass is 16.2. The Balaban J connectivity index is 2.56. The van der Waals surface area contributed by atoms with Gasteiger partial charge in [-0.25, -0.2) is 4.79 Å². The lowest BCUT2D eigenvalue weighted by Gasteiger charge is -2.12. The van der Waals surface area contributed by atoms with E-state index < -0.39 is 0 Å². The highest BCUT2D eigenvalue weighted by molar-refractivity contribution is 5.90. The molecule has 4 nitrogen and oxygen atoms in total. The second-order valence-corrected chi connectivity index (χ2v) is 3.79. The number of carbonyl (C=O) groups excluding carboxylic acids is 1. The van der Waals surface area contributed by atoms with Crippen LogP contribution < -0.4 is 16.4 Å². The Bertz CT molecular complexity index is 343. The zero-order valence-corrected chi connectivity index (χ0v) is 9.84. The van der Waals surface area contributed by atoms with Gasteiger partial charge in [0, 0.05) is 12.2 Å². The first-order chi connectivity index (χ1) is 7.65. The van der Waals surface area contributed by atoms with Crippen LogP contribution in [0, 0.1) is 13.8 Å². The van der Waals surface area contributed by atoms with E-state index in [-0.39, 0.29) is 6.03 Å². The number of para-hydroxylation sites is 1. The van der Waals surface area contributed by atoms with E-state index in [1.54, 1.807) is 0 Å². The molecule has 0 aliphatic heterocycles. The number of anilines is 1. The third-order valence-corrected chi connectivity index (χ3v) is 2.39. The van der Waals surface area contributed by atoms with Gasteiger partial charge in [-0.3, -0.25) is 0 Å². The van der Waals surface area contributed by atoms with Crippen LogP contribution in [0.1, 0.15) is 17.5 Å². The molecule has 0 saturated heterocycles. The Morgan fingerprint density at radius 1 is 1.31 bits per heavy atom. The highest BCUT2D eigenvalue weighted by Gasteiger charge is 2.05. The molecular formula is C12H19N3O. The number of benzene rings is 1. The van der Waals surface area contributed by atoms with Crippen molar-refractivity contribution in [2.75, 3.05) is 18.4 Å². The number of rotatable bonds is 4. The fourth-order valence-corrected chi connectivity index (χ4v) is 1.47. The van der Waals surface area contributed by atoms with Crippen LogP contribution in [0.3, 0.4) is 0 Å². The van der Waals surface area contributed by atoms with Crippen LogP contribution in [0.2, 0.25) is 0 Å². The maximum Gasteiger partial charge on any atom is 0.319 e. The molecule has 1 rings (SSSR count). The summed E-state index contributed by atoms with van der Waals surface area (Å²) in [6.07, 6.45) is 0.792. The number of hydrogen-bond donors (Lipinski definition) is 3. The summed E-state index contributed by atoms with van der Waals surface area (Å²) in [6, 6.07) is 5.75. The van der Waals surface area contributed by atoms with Gasteiger partial charge >= 0.3 is 6.03 Å². The van der Waals surface area contributed by atoms with Crippen LogP contribution in [0.15, 0.2) is 18.2 Å². The van der Waals surface area contributed by atoms with Crippen LogP contribution in [0.4, 0.5) is 10.5 Å². The van der Waals surface area contributed by atoms with Crippen LogP contribution >= 0.6 is 0 Å². The summed E-state index contributed by atoms with van der Waals surface area (Å²) in [6.45, 7) is 5.14. The predicted molar refractivity (Wildman–Crippen MR) is 66.6 cm³/mol. The van der Waals surface area contributed by atoms with Crippen LogP contribution in [0.5, 0.6) is 0 Å². The van der Waals surface area contributed by atoms with E-state index in [0.717, 1.165) is 23.2 Å². The van der Waals surface area contributed by atoms with E-state index in [9.17, 15) is 4.79 Å². The average molecular weight is 221 g/mol. The number of amides is 2. The fraction of sp³-hybridized carbons (Fsp3) is 0.417. The Hall–Kier alpha value is -1.55. The molecule has 0 bridgehead atoms. The third-order valence-electron chi connectivity index (χ3n) is 2.39. The molecule has 0 aliphatic carbocycles. The highest BCUT2D eigenvalue weighted by Crippen LogP contribution is 2.18. The molecule has 16 heavy (non-hydrogen) atoms. The van der Waals surface area contributed by atoms with Crippen LogP contribution in [0.25, 0.3) is 0 Å². The average Bonchev–Trinajstić information content (AvgIpc) is 2.24. The van der Waals surface area contributed by atoms with Gasteiger partial charge in [-0.05, 0) is 37.9 Å². The second-order valence-electron chi connectivity index (χ2n) is 3.79. The molecule has 4 heteroatoms. The number of carbonyl (C=O) groups is 1. The summed E-state index contributed by atoms with van der Waals surface area (Å²) in [4.78, 5) is 11.5. The van der Waals surface area contributed by atoms with E-state index in [1.807, 2.05) is 32.0 Å². The molecule has 88 valence electrons. The van der Waals surface area contributed by atoms with Crippen molar-refractivity contribution in [3.05, 3.63) is 29.3 Å². The fourth-order valence-electron chi connectivity index (χ4n) is 1.47. The van der Waals surface area contributed by atoms with Gasteiger partial charge in [-0.1, -0.05) is 18.2 Å². The second kappa shape index (κ2) is 6.12. The number of nitrogens with two attached hydrogens (primary N) is 1. The van der Waals surface area contributed by atoms with Gasteiger partial charge in [0.1, 0.15) is 0 Å². The smallest absolute Gasteiger partial charge is 0.319 e. The standard InChI is InChI=1S/C12H19N3O/c1-9-5-3-6-10(2)11(9)15-12(16)14-8-4-7-13/h3,5-6H,4,7-8,13H2,1-2H3,(H2,14,15,16). The Kier molecular flexibility index (Phi) is 4.79. The Morgan fingerprint density at radius 3 is 2.50 bits per heavy atom. The van der Waals surface area contributed by atoms with Gasteiger partial charge in [0.25, 0.3) is 0 Å². The molecule has 0 spiro atoms. The van der Waals surface area contributed by atoms with Gasteiger partial charge in [-0.15, -0.1) is 0 Å². The summed E-state index contributed by atoms with van der Waals surface area (Å²) >= 11 is 0. The van der Waals surface area contributed by atoms with Crippen molar-refractivity contribution in [3.8, 4) is 0 Å². The summed E-state index contributed by atoms with van der Waals surface area (Å²) in [5.41, 5.74) is 8.35. The summed E-state index contributed by atoms with van der Waals surface area (Å²) in [7, 11) is 0. The Morgan fingerprint density at radius 2 is 1.94 bits per heavy atom. The monoisotopic (exact) mass is 221 g/mol. The van der Waals surface area contributed by atoms with Gasteiger partial charge in [0.2, 0.25) is 0 Å². The van der Waals surface area contributed by atoms with Gasteiger partial charge in [0.15, 0.2) is 0 Å². The number of nitrogens with one attached hydrogen (secondary N) is 2. The molecule has 0 unspecified atom stereocenters. The minimum absolute atomic E-state index is 0.175. The first-order valence-electron chi connectivity index (χ1n) is 5.46. The van der Waals surface area contributed by atoms with E-state index >= 15 is 0 Å². The number of urea groups is 1. The molecule has 2 amide bonds. The van der Waals surface area contributed by atoms with Crippen molar-refractivity contribution in [1.82, 2.24) is 5.32 Å². The van der Waals surface area contributed by atoms with Crippen molar-refractivity contribution in [3.63, 3.8) is 0 Å². The zero-order chi connectivity index (χ0) is 12.0. The van der Waals surface area contributed by atoms with Gasteiger partial charge in [-0.2, -0.15) is 0 Å². The normalized spacial score (nSPS) is 9.94. The van der Waals surface area contributed by atoms with E-state index in [2.05, 4.69) is 10.6 Å². The van der Waals surface area contributed by atoms with Crippen molar-refractivity contribution < 1.29 is 4.79 Å². The molecule has 4 N–H and O–H groups in total. The maximum absolute atomic E-state index is 11.5. The SMILES string of the molecule is Cc1cccc(C)c1NC(=O)NCCCN. The van der Waals surface area contributed by atoms with Gasteiger partial charge < -0.3 is 16.4 Å². The van der Waals surface area contributed by atoms with Gasteiger partial charge in [0.05, 0.1) is 0 Å². The minimum Gasteiger partial charge on any atom is -0.338 e. The predicted octanol–water partition coefficient (Wildman–Crippen LogP) is 1.77. The topological polar surface area (TPSA) is 67.2 Å². The molecule has 0 radical (unpaired) electrons. The maximum atomic E-state index is 11.5. The molecule has 1 aromatic rings. The lowest BCUT2D eigenvalue weighted by Crippen LogP contribution is -2.31. The minimum atomic E-state index is -0.175. The lowest BCUT2D eigenvalue weighted by atomic mass is 10.1. The van der Waals surface area contributed by atoms with E-state index in [0.29, 0.717) is 13.1 Å². The summed E-state index contributed by atoms with van der Waals surface area (Å²) < 4.78 is 0. The molecule has 0 saturated carbocycles. The van der Waals surface area contributed by atoms with Crippen molar-refractivity contribution in [2.24, 2.45) is 5.73 Å². The molecule has 1 aromatic carbocycles. The van der Waals surface area contributed by atoms with Crippen LogP contribution in [-0.4, -0.2) is 19.1 Å². The lowest BCUT2D eigenvalue weighted by molar-refractivity contribution is 0.252. The first kappa shape index (κ1) is 12.5. The van der Waals surface area contributed by atoms with Crippen molar-refractivity contribution >= 4 is 11.7 Å². The molecular weight excluding hydrogens is 202 g/mol. The first-order valence-corrected chi connectivity index (χ1v) is 5.46. The number of aryl methyl sites for hydroxylation is 2. The summed E-state index contributed by atoms with van der Waals surface area (Å²) in [5, 5.41) is 5.60. The number of hydrogen-bond acceptors (Lipinski definition) is 2. The van der Waals surface area contributed by atoms with Crippen molar-refractivity contribution in [1.29, 1.82) is 0 Å². The van der Waals surface area contributed by atoms with Crippen LogP contribution in [-0.2, 0) is 0 Å². The molecule has 0 aliphatic rings. The largest absolute Gasteiger partial charge is 0.338 e. The third kappa shape index (κ3) is 3.55. The zero-order valence-electron chi connectivity index (χ0n) is 9.84. The molecule has 0 atom stereocenters. The molecule has 0 aromatic heterocycles. The van der Waals surface area contributed by atoms with E-state index in [4.69, 9.17) is 5.73 Å². The molecule has 0 fully saturated rings. The summed E-state index contributed by atoms with van der Waals surface area (Å²) in [5.74, 6) is 0. The molecule has 0 heterocycles. The quantitative estimate of drug-likeness (QED) is 0.678. The Labute approximate surface area is 96.2 Å².